The lowest BCUT2D eigenvalue weighted by Crippen LogP contribution is -1.77. The van der Waals surface area contributed by atoms with Crippen LogP contribution in [-0.2, 0) is 0 Å². The lowest BCUT2D eigenvalue weighted by Gasteiger charge is -1.80. The van der Waals surface area contributed by atoms with E-state index < -0.39 is 0 Å². The van der Waals surface area contributed by atoms with Crippen LogP contribution in [0, 0.1) is 6.92 Å². The van der Waals surface area contributed by atoms with Gasteiger partial charge in [-0.05, 0) is 13.0 Å². The van der Waals surface area contributed by atoms with Crippen molar-refractivity contribution in [1.82, 2.24) is 15.4 Å². The van der Waals surface area contributed by atoms with Crippen molar-refractivity contribution in [2.75, 3.05) is 5.73 Å². The minimum atomic E-state index is 0.297. The van der Waals surface area contributed by atoms with Crippen LogP contribution in [0.15, 0.2) is 16.7 Å². The molecule has 3 N–H and O–H groups in total. The third-order valence-electron chi connectivity index (χ3n) is 1.50. The Morgan fingerprint density at radius 2 is 2.25 bits per heavy atom. The summed E-state index contributed by atoms with van der Waals surface area (Å²) in [5, 5.41) is 10.5. The minimum absolute atomic E-state index is 0.297. The van der Waals surface area contributed by atoms with E-state index in [2.05, 4.69) is 15.4 Å². The quantitative estimate of drug-likeness (QED) is 0.657. The summed E-state index contributed by atoms with van der Waals surface area (Å²) in [6, 6.07) is 3.51. The van der Waals surface area contributed by atoms with Crippen LogP contribution in [0.5, 0.6) is 0 Å². The topological polar surface area (TPSA) is 80.7 Å². The van der Waals surface area contributed by atoms with Crippen LogP contribution in [0.4, 0.5) is 5.88 Å². The fourth-order valence-corrected chi connectivity index (χ4v) is 0.959. The van der Waals surface area contributed by atoms with E-state index in [1.807, 2.05) is 13.0 Å². The number of hydrogen-bond donors (Lipinski definition) is 2. The van der Waals surface area contributed by atoms with Gasteiger partial charge >= 0.3 is 0 Å². The van der Waals surface area contributed by atoms with Crippen LogP contribution >= 0.6 is 0 Å². The molecular weight excluding hydrogens is 156 g/mol. The molecule has 5 nitrogen and oxygen atoms in total. The number of anilines is 1. The molecule has 0 aliphatic heterocycles. The minimum Gasteiger partial charge on any atom is -0.368 e. The van der Waals surface area contributed by atoms with Crippen molar-refractivity contribution in [2.45, 2.75) is 6.92 Å². The molecule has 12 heavy (non-hydrogen) atoms. The normalized spacial score (nSPS) is 10.4. The number of nitrogen functional groups attached to an aromatic ring is 1. The molecule has 62 valence electrons. The van der Waals surface area contributed by atoms with E-state index >= 15 is 0 Å². The van der Waals surface area contributed by atoms with E-state index in [0.29, 0.717) is 11.6 Å². The van der Waals surface area contributed by atoms with Crippen molar-refractivity contribution in [3.8, 4) is 11.4 Å². The van der Waals surface area contributed by atoms with E-state index in [1.165, 1.54) is 0 Å². The number of aryl methyl sites for hydroxylation is 1. The Bertz CT molecular complexity index is 351. The Hall–Kier alpha value is -1.78. The molecule has 0 aromatic carbocycles. The van der Waals surface area contributed by atoms with Gasteiger partial charge in [-0.3, -0.25) is 5.10 Å². The van der Waals surface area contributed by atoms with Crippen molar-refractivity contribution in [3.63, 3.8) is 0 Å². The molecule has 2 aromatic heterocycles. The summed E-state index contributed by atoms with van der Waals surface area (Å²) < 4.78 is 4.70. The molecule has 0 bridgehead atoms. The highest BCUT2D eigenvalue weighted by atomic mass is 16.5. The smallest absolute Gasteiger partial charge is 0.222 e. The average Bonchev–Trinajstić information content (AvgIpc) is 2.58. The first kappa shape index (κ1) is 6.90. The van der Waals surface area contributed by atoms with Crippen molar-refractivity contribution in [3.05, 3.63) is 17.8 Å². The molecule has 0 unspecified atom stereocenters. The van der Waals surface area contributed by atoms with Crippen LogP contribution in [0.1, 0.15) is 5.69 Å². The number of nitrogens with two attached hydrogens (primary N) is 1. The number of aromatic amines is 1. The maximum absolute atomic E-state index is 5.36. The van der Waals surface area contributed by atoms with Gasteiger partial charge < -0.3 is 10.3 Å². The highest BCUT2D eigenvalue weighted by Crippen LogP contribution is 2.17. The summed E-state index contributed by atoms with van der Waals surface area (Å²) in [5.41, 5.74) is 7.73. The van der Waals surface area contributed by atoms with Crippen LogP contribution in [-0.4, -0.2) is 15.4 Å². The fraction of sp³-hybridized carbons (Fsp3) is 0.143. The summed E-state index contributed by atoms with van der Waals surface area (Å²) in [4.78, 5) is 0. The van der Waals surface area contributed by atoms with Gasteiger partial charge in [-0.1, -0.05) is 5.16 Å². The van der Waals surface area contributed by atoms with E-state index in [9.17, 15) is 0 Å². The fourth-order valence-electron chi connectivity index (χ4n) is 0.959. The molecule has 5 heteroatoms. The summed E-state index contributed by atoms with van der Waals surface area (Å²) >= 11 is 0. The van der Waals surface area contributed by atoms with E-state index in [0.717, 1.165) is 11.4 Å². The Morgan fingerprint density at radius 3 is 2.75 bits per heavy atom. The maximum atomic E-state index is 5.36. The second kappa shape index (κ2) is 2.37. The molecule has 2 heterocycles. The second-order valence-corrected chi connectivity index (χ2v) is 2.55. The van der Waals surface area contributed by atoms with Gasteiger partial charge in [0.2, 0.25) is 5.88 Å². The summed E-state index contributed by atoms with van der Waals surface area (Å²) in [7, 11) is 0. The largest absolute Gasteiger partial charge is 0.368 e. The number of rotatable bonds is 1. The predicted molar refractivity (Wildman–Crippen MR) is 43.2 cm³/mol. The van der Waals surface area contributed by atoms with Crippen molar-refractivity contribution in [2.24, 2.45) is 0 Å². The molecule has 0 saturated carbocycles. The molecule has 0 aliphatic carbocycles. The Morgan fingerprint density at radius 1 is 1.42 bits per heavy atom. The third-order valence-corrected chi connectivity index (χ3v) is 1.50. The van der Waals surface area contributed by atoms with E-state index in [-0.39, 0.29) is 0 Å². The molecule has 0 spiro atoms. The Kier molecular flexibility index (Phi) is 1.36. The lowest BCUT2D eigenvalue weighted by atomic mass is 10.3. The van der Waals surface area contributed by atoms with Crippen LogP contribution in [0.25, 0.3) is 11.4 Å². The number of aromatic nitrogens is 3. The maximum Gasteiger partial charge on any atom is 0.222 e. The van der Waals surface area contributed by atoms with Gasteiger partial charge in [0.15, 0.2) is 0 Å². The number of hydrogen-bond acceptors (Lipinski definition) is 4. The first-order valence-electron chi connectivity index (χ1n) is 3.50. The molecule has 0 amide bonds. The van der Waals surface area contributed by atoms with Gasteiger partial charge in [0, 0.05) is 11.8 Å². The molecule has 2 rings (SSSR count). The predicted octanol–water partition coefficient (Wildman–Crippen LogP) is 0.955. The zero-order valence-corrected chi connectivity index (χ0v) is 6.53. The van der Waals surface area contributed by atoms with Crippen LogP contribution in [0.2, 0.25) is 0 Å². The molecule has 0 radical (unpaired) electrons. The van der Waals surface area contributed by atoms with Crippen LogP contribution < -0.4 is 5.73 Å². The highest BCUT2D eigenvalue weighted by molar-refractivity contribution is 5.56. The third kappa shape index (κ3) is 1.05. The standard InChI is InChI=1S/C7H8N4O/c1-4-2-5(10-9-4)6-3-7(8)12-11-6/h2-3H,8H2,1H3,(H,9,10). The molecular formula is C7H8N4O. The van der Waals surface area contributed by atoms with Gasteiger partial charge in [-0.25, -0.2) is 0 Å². The average molecular weight is 164 g/mol. The molecule has 0 saturated heterocycles. The number of H-pyrrole nitrogens is 1. The summed E-state index contributed by atoms with van der Waals surface area (Å²) in [6.07, 6.45) is 0. The molecule has 2 aromatic rings. The van der Waals surface area contributed by atoms with Gasteiger partial charge in [0.1, 0.15) is 11.4 Å². The van der Waals surface area contributed by atoms with E-state index in [4.69, 9.17) is 10.3 Å². The van der Waals surface area contributed by atoms with Crippen molar-refractivity contribution in [1.29, 1.82) is 0 Å². The molecule has 0 aliphatic rings. The Labute approximate surface area is 68.6 Å². The van der Waals surface area contributed by atoms with Crippen molar-refractivity contribution >= 4 is 5.88 Å². The second-order valence-electron chi connectivity index (χ2n) is 2.55. The van der Waals surface area contributed by atoms with Crippen molar-refractivity contribution < 1.29 is 4.52 Å². The van der Waals surface area contributed by atoms with Gasteiger partial charge in [-0.2, -0.15) is 5.10 Å². The molecule has 0 fully saturated rings. The monoisotopic (exact) mass is 164 g/mol. The van der Waals surface area contributed by atoms with Gasteiger partial charge in [-0.15, -0.1) is 0 Å². The number of nitrogens with one attached hydrogen (secondary N) is 1. The Balaban J connectivity index is 2.43. The van der Waals surface area contributed by atoms with E-state index in [1.54, 1.807) is 6.07 Å². The first-order chi connectivity index (χ1) is 5.75. The lowest BCUT2D eigenvalue weighted by molar-refractivity contribution is 0.439. The van der Waals surface area contributed by atoms with Crippen LogP contribution in [0.3, 0.4) is 0 Å². The zero-order valence-electron chi connectivity index (χ0n) is 6.53. The highest BCUT2D eigenvalue weighted by Gasteiger charge is 2.06. The molecule has 0 atom stereocenters. The number of nitrogens with zero attached hydrogens (tertiary/aromatic N) is 2. The SMILES string of the molecule is Cc1cc(-c2cc(N)on2)n[nH]1. The summed E-state index contributed by atoms with van der Waals surface area (Å²) in [6.45, 7) is 1.92. The van der Waals surface area contributed by atoms with Gasteiger partial charge in [0.25, 0.3) is 0 Å². The summed E-state index contributed by atoms with van der Waals surface area (Å²) in [5.74, 6) is 0.297. The first-order valence-corrected chi connectivity index (χ1v) is 3.50. The van der Waals surface area contributed by atoms with Gasteiger partial charge in [0.05, 0.1) is 0 Å². The zero-order chi connectivity index (χ0) is 8.55.